The number of ether oxygens (including phenoxy) is 5. The number of rotatable bonds is 18. The van der Waals surface area contributed by atoms with Crippen LogP contribution in [0, 0.1) is 30.1 Å². The zero-order valence-electron chi connectivity index (χ0n) is 31.3. The molecule has 52 heavy (non-hydrogen) atoms. The molecule has 2 unspecified atom stereocenters. The van der Waals surface area contributed by atoms with Gasteiger partial charge in [-0.2, -0.15) is 9.57 Å². The molecule has 0 bridgehead atoms. The standard InChI is InChI=1S/C41H55N3O7S/c1-30-7-14-37(15-8-30)52(45,46)44-25-41(51-29-34-11-16-40-39(22-34)43(18-20-50-40)17-6-19-47-4)38(23-36(44)21-31(2)24-42)35-12-9-33(10-13-35)28-49-27-32(3)26-48-5/h7-16,22,31-32,36,38,41H,6,17-21,23,25-29H2,1-5H3/t31?,32?,36-,38+,41-/m0/s1. The Labute approximate surface area is 310 Å². The van der Waals surface area contributed by atoms with Crippen molar-refractivity contribution in [2.24, 2.45) is 11.8 Å². The molecule has 5 atom stereocenters. The van der Waals surface area contributed by atoms with Gasteiger partial charge in [-0.25, -0.2) is 8.42 Å². The normalized spacial score (nSPS) is 20.5. The van der Waals surface area contributed by atoms with E-state index in [1.807, 2.05) is 38.1 Å². The molecule has 0 aliphatic carbocycles. The highest BCUT2D eigenvalue weighted by atomic mass is 32.2. The minimum Gasteiger partial charge on any atom is -0.490 e. The van der Waals surface area contributed by atoms with Crippen LogP contribution in [-0.4, -0.2) is 85.2 Å². The van der Waals surface area contributed by atoms with E-state index in [1.165, 1.54) is 0 Å². The molecule has 1 saturated heterocycles. The van der Waals surface area contributed by atoms with E-state index in [0.29, 0.717) is 58.4 Å². The number of anilines is 1. The average molecular weight is 734 g/mol. The van der Waals surface area contributed by atoms with E-state index in [1.54, 1.807) is 30.7 Å². The molecule has 0 spiro atoms. The number of hydrogen-bond donors (Lipinski definition) is 0. The molecule has 0 saturated carbocycles. The molecule has 2 aliphatic rings. The maximum absolute atomic E-state index is 14.3. The maximum Gasteiger partial charge on any atom is 0.243 e. The summed E-state index contributed by atoms with van der Waals surface area (Å²) in [6.07, 6.45) is 1.43. The van der Waals surface area contributed by atoms with Gasteiger partial charge in [0.2, 0.25) is 10.0 Å². The van der Waals surface area contributed by atoms with E-state index < -0.39 is 16.1 Å². The summed E-state index contributed by atoms with van der Waals surface area (Å²) < 4.78 is 59.4. The molecule has 0 N–H and O–H groups in total. The number of sulfonamides is 1. The van der Waals surface area contributed by atoms with Crippen molar-refractivity contribution in [1.29, 1.82) is 5.26 Å². The molecule has 0 radical (unpaired) electrons. The van der Waals surface area contributed by atoms with Gasteiger partial charge in [-0.15, -0.1) is 0 Å². The predicted molar refractivity (Wildman–Crippen MR) is 202 cm³/mol. The largest absolute Gasteiger partial charge is 0.490 e. The summed E-state index contributed by atoms with van der Waals surface area (Å²) >= 11 is 0. The van der Waals surface area contributed by atoms with E-state index in [4.69, 9.17) is 23.7 Å². The first kappa shape index (κ1) is 39.7. The lowest BCUT2D eigenvalue weighted by Crippen LogP contribution is -2.52. The Balaban J connectivity index is 1.42. The fraction of sp³-hybridized carbons (Fsp3) is 0.537. The summed E-state index contributed by atoms with van der Waals surface area (Å²) in [5, 5.41) is 9.80. The summed E-state index contributed by atoms with van der Waals surface area (Å²) in [5.74, 6) is 0.745. The number of hydrogen-bond acceptors (Lipinski definition) is 9. The van der Waals surface area contributed by atoms with Crippen LogP contribution in [0.4, 0.5) is 5.69 Å². The van der Waals surface area contributed by atoms with Crippen LogP contribution in [0.25, 0.3) is 0 Å². The molecule has 11 heteroatoms. The van der Waals surface area contributed by atoms with Gasteiger partial charge < -0.3 is 28.6 Å². The number of methoxy groups -OCH3 is 2. The van der Waals surface area contributed by atoms with Gasteiger partial charge in [0, 0.05) is 57.7 Å². The third-order valence-corrected chi connectivity index (χ3v) is 11.9. The Hall–Kier alpha value is -3.50. The van der Waals surface area contributed by atoms with Crippen LogP contribution in [0.1, 0.15) is 61.3 Å². The molecular weight excluding hydrogens is 679 g/mol. The Bertz CT molecular complexity index is 1710. The van der Waals surface area contributed by atoms with Crippen LogP contribution in [0.2, 0.25) is 0 Å². The second-order valence-electron chi connectivity index (χ2n) is 14.3. The van der Waals surface area contributed by atoms with Gasteiger partial charge in [0.15, 0.2) is 0 Å². The van der Waals surface area contributed by atoms with Gasteiger partial charge in [0.1, 0.15) is 12.4 Å². The molecular formula is C41H55N3O7S. The predicted octanol–water partition coefficient (Wildman–Crippen LogP) is 6.71. The first-order valence-corrected chi connectivity index (χ1v) is 19.8. The highest BCUT2D eigenvalue weighted by molar-refractivity contribution is 7.89. The molecule has 282 valence electrons. The SMILES string of the molecule is COCCCN1CCOc2ccc(CO[C@H]3CN(S(=O)(=O)c4ccc(C)cc4)[C@@H](CC(C)C#N)C[C@@H]3c3ccc(COCC(C)COC)cc3)cc21. The molecule has 10 nitrogen and oxygen atoms in total. The number of nitrogens with zero attached hydrogens (tertiary/aromatic N) is 3. The molecule has 2 heterocycles. The van der Waals surface area contributed by atoms with Gasteiger partial charge in [0.05, 0.1) is 55.7 Å². The highest BCUT2D eigenvalue weighted by Crippen LogP contribution is 2.40. The Kier molecular flexibility index (Phi) is 14.5. The van der Waals surface area contributed by atoms with Crippen LogP contribution >= 0.6 is 0 Å². The van der Waals surface area contributed by atoms with Crippen molar-refractivity contribution < 1.29 is 32.1 Å². The molecule has 3 aromatic rings. The molecule has 3 aromatic carbocycles. The average Bonchev–Trinajstić information content (AvgIpc) is 3.14. The molecule has 2 aliphatic heterocycles. The van der Waals surface area contributed by atoms with Crippen LogP contribution in [-0.2, 0) is 42.2 Å². The summed E-state index contributed by atoms with van der Waals surface area (Å²) in [4.78, 5) is 2.57. The van der Waals surface area contributed by atoms with Crippen LogP contribution < -0.4 is 9.64 Å². The van der Waals surface area contributed by atoms with Gasteiger partial charge in [-0.05, 0) is 74.1 Å². The fourth-order valence-electron chi connectivity index (χ4n) is 7.17. The zero-order chi connectivity index (χ0) is 37.1. The fourth-order valence-corrected chi connectivity index (χ4v) is 8.82. The maximum atomic E-state index is 14.3. The first-order valence-electron chi connectivity index (χ1n) is 18.4. The van der Waals surface area contributed by atoms with Gasteiger partial charge in [0.25, 0.3) is 0 Å². The summed E-state index contributed by atoms with van der Waals surface area (Å²) in [6, 6.07) is 23.5. The molecule has 1 fully saturated rings. The van der Waals surface area contributed by atoms with E-state index in [-0.39, 0.29) is 29.3 Å². The highest BCUT2D eigenvalue weighted by Gasteiger charge is 2.43. The summed E-state index contributed by atoms with van der Waals surface area (Å²) in [7, 11) is -0.464. The lowest BCUT2D eigenvalue weighted by Gasteiger charge is -2.43. The minimum atomic E-state index is -3.88. The van der Waals surface area contributed by atoms with E-state index >= 15 is 0 Å². The van der Waals surface area contributed by atoms with Gasteiger partial charge in [-0.3, -0.25) is 0 Å². The smallest absolute Gasteiger partial charge is 0.243 e. The topological polar surface area (TPSA) is 111 Å². The van der Waals surface area contributed by atoms with E-state index in [9.17, 15) is 13.7 Å². The monoisotopic (exact) mass is 733 g/mol. The molecule has 0 amide bonds. The van der Waals surface area contributed by atoms with E-state index in [0.717, 1.165) is 53.2 Å². The Morgan fingerprint density at radius 2 is 1.71 bits per heavy atom. The number of fused-ring (bicyclic) bond motifs is 1. The first-order chi connectivity index (χ1) is 25.1. The third kappa shape index (κ3) is 10.3. The van der Waals surface area contributed by atoms with E-state index in [2.05, 4.69) is 48.2 Å². The molecule has 0 aromatic heterocycles. The second-order valence-corrected chi connectivity index (χ2v) is 16.2. The van der Waals surface area contributed by atoms with Crippen molar-refractivity contribution >= 4 is 15.7 Å². The number of piperidine rings is 1. The Morgan fingerprint density at radius 3 is 2.42 bits per heavy atom. The summed E-state index contributed by atoms with van der Waals surface area (Å²) in [5.41, 5.74) is 5.15. The van der Waals surface area contributed by atoms with Crippen LogP contribution in [0.5, 0.6) is 5.75 Å². The van der Waals surface area contributed by atoms with Gasteiger partial charge in [-0.1, -0.05) is 55.0 Å². The lowest BCUT2D eigenvalue weighted by atomic mass is 9.81. The van der Waals surface area contributed by atoms with Gasteiger partial charge >= 0.3 is 0 Å². The van der Waals surface area contributed by atoms with Crippen LogP contribution in [0.15, 0.2) is 71.6 Å². The number of benzene rings is 3. The third-order valence-electron chi connectivity index (χ3n) is 9.97. The number of nitriles is 1. The minimum absolute atomic E-state index is 0.0939. The zero-order valence-corrected chi connectivity index (χ0v) is 32.1. The van der Waals surface area contributed by atoms with Crippen molar-refractivity contribution in [3.8, 4) is 11.8 Å². The second kappa shape index (κ2) is 19.0. The van der Waals surface area contributed by atoms with Crippen molar-refractivity contribution in [2.75, 3.05) is 65.2 Å². The van der Waals surface area contributed by atoms with Crippen LogP contribution in [0.3, 0.4) is 0 Å². The molecule has 5 rings (SSSR count). The van der Waals surface area contributed by atoms with Crippen molar-refractivity contribution in [3.63, 3.8) is 0 Å². The number of aryl methyl sites for hydroxylation is 1. The quantitative estimate of drug-likeness (QED) is 0.132. The summed E-state index contributed by atoms with van der Waals surface area (Å²) in [6.45, 7) is 11.1. The Morgan fingerprint density at radius 1 is 0.962 bits per heavy atom. The van der Waals surface area contributed by atoms with Crippen molar-refractivity contribution in [2.45, 2.75) is 76.2 Å². The van der Waals surface area contributed by atoms with Crippen molar-refractivity contribution in [3.05, 3.63) is 89.0 Å². The lowest BCUT2D eigenvalue weighted by molar-refractivity contribution is -0.0217. The van der Waals surface area contributed by atoms with Crippen molar-refractivity contribution in [1.82, 2.24) is 4.31 Å².